The van der Waals surface area contributed by atoms with Crippen LogP contribution in [0.1, 0.15) is 17.1 Å². The summed E-state index contributed by atoms with van der Waals surface area (Å²) in [5, 5.41) is 12.9. The standard InChI is InChI=1S/C14H14N2O3/c1-10-2-7-13(19-10)9-15-16-14(18)8-11-3-5-12(17)6-4-11/h2-7,9,17H,8H2,1H3,(H,16,18)/b15-9-. The summed E-state index contributed by atoms with van der Waals surface area (Å²) in [7, 11) is 0. The number of benzene rings is 1. The number of nitrogens with zero attached hydrogens (tertiary/aromatic N) is 1. The second kappa shape index (κ2) is 5.86. The lowest BCUT2D eigenvalue weighted by atomic mass is 10.1. The van der Waals surface area contributed by atoms with Gasteiger partial charge in [0, 0.05) is 0 Å². The lowest BCUT2D eigenvalue weighted by Crippen LogP contribution is -2.19. The van der Waals surface area contributed by atoms with Crippen LogP contribution < -0.4 is 5.43 Å². The third-order valence-electron chi connectivity index (χ3n) is 2.44. The van der Waals surface area contributed by atoms with E-state index >= 15 is 0 Å². The van der Waals surface area contributed by atoms with Crippen LogP contribution in [0.2, 0.25) is 0 Å². The predicted octanol–water partition coefficient (Wildman–Crippen LogP) is 1.99. The maximum Gasteiger partial charge on any atom is 0.244 e. The Hall–Kier alpha value is -2.56. The van der Waals surface area contributed by atoms with Gasteiger partial charge in [-0.2, -0.15) is 5.10 Å². The highest BCUT2D eigenvalue weighted by Crippen LogP contribution is 2.09. The van der Waals surface area contributed by atoms with Crippen LogP contribution in [0.5, 0.6) is 5.75 Å². The van der Waals surface area contributed by atoms with Gasteiger partial charge in [0.25, 0.3) is 0 Å². The molecule has 98 valence electrons. The van der Waals surface area contributed by atoms with Crippen LogP contribution in [-0.4, -0.2) is 17.2 Å². The molecule has 0 bridgehead atoms. The van der Waals surface area contributed by atoms with Crippen molar-refractivity contribution in [2.45, 2.75) is 13.3 Å². The van der Waals surface area contributed by atoms with Crippen LogP contribution in [0.25, 0.3) is 0 Å². The summed E-state index contributed by atoms with van der Waals surface area (Å²) in [6.07, 6.45) is 1.65. The highest BCUT2D eigenvalue weighted by atomic mass is 16.3. The molecule has 0 unspecified atom stereocenters. The smallest absolute Gasteiger partial charge is 0.244 e. The van der Waals surface area contributed by atoms with Crippen LogP contribution in [-0.2, 0) is 11.2 Å². The fourth-order valence-electron chi connectivity index (χ4n) is 1.53. The summed E-state index contributed by atoms with van der Waals surface area (Å²) in [6, 6.07) is 10.0. The fraction of sp³-hybridized carbons (Fsp3) is 0.143. The lowest BCUT2D eigenvalue weighted by Gasteiger charge is -2.00. The number of amides is 1. The minimum Gasteiger partial charge on any atom is -0.508 e. The average molecular weight is 258 g/mol. The highest BCUT2D eigenvalue weighted by molar-refractivity contribution is 5.81. The van der Waals surface area contributed by atoms with E-state index < -0.39 is 0 Å². The van der Waals surface area contributed by atoms with Gasteiger partial charge >= 0.3 is 0 Å². The Morgan fingerprint density at radius 3 is 2.68 bits per heavy atom. The number of rotatable bonds is 4. The number of nitrogens with one attached hydrogen (secondary N) is 1. The largest absolute Gasteiger partial charge is 0.508 e. The van der Waals surface area contributed by atoms with Gasteiger partial charge in [-0.3, -0.25) is 4.79 Å². The zero-order valence-electron chi connectivity index (χ0n) is 10.5. The molecular weight excluding hydrogens is 244 g/mol. The Morgan fingerprint density at radius 1 is 1.32 bits per heavy atom. The molecule has 1 aromatic heterocycles. The van der Waals surface area contributed by atoms with Gasteiger partial charge in [-0.15, -0.1) is 0 Å². The Morgan fingerprint density at radius 2 is 2.05 bits per heavy atom. The van der Waals surface area contributed by atoms with Gasteiger partial charge in [0.05, 0.1) is 12.6 Å². The fourth-order valence-corrected chi connectivity index (χ4v) is 1.53. The molecule has 2 rings (SSSR count). The van der Waals surface area contributed by atoms with E-state index in [4.69, 9.17) is 9.52 Å². The van der Waals surface area contributed by atoms with Gasteiger partial charge in [-0.1, -0.05) is 12.1 Å². The zero-order chi connectivity index (χ0) is 13.7. The van der Waals surface area contributed by atoms with E-state index in [1.54, 1.807) is 18.2 Å². The first-order valence-corrected chi connectivity index (χ1v) is 5.80. The van der Waals surface area contributed by atoms with Gasteiger partial charge < -0.3 is 9.52 Å². The zero-order valence-corrected chi connectivity index (χ0v) is 10.5. The molecule has 1 aromatic carbocycles. The van der Waals surface area contributed by atoms with Gasteiger partial charge in [0.2, 0.25) is 5.91 Å². The molecule has 1 amide bonds. The minimum atomic E-state index is -0.231. The molecule has 0 fully saturated rings. The number of hydrogen-bond donors (Lipinski definition) is 2. The topological polar surface area (TPSA) is 74.8 Å². The number of aryl methyl sites for hydroxylation is 1. The molecule has 1 heterocycles. The summed E-state index contributed by atoms with van der Waals surface area (Å²) in [6.45, 7) is 1.83. The first-order chi connectivity index (χ1) is 9.13. The molecule has 5 nitrogen and oxygen atoms in total. The minimum absolute atomic E-state index is 0.176. The average Bonchev–Trinajstić information content (AvgIpc) is 2.78. The molecule has 0 saturated carbocycles. The molecule has 0 saturated heterocycles. The SMILES string of the molecule is Cc1ccc(/C=N\NC(=O)Cc2ccc(O)cc2)o1. The van der Waals surface area contributed by atoms with Crippen molar-refractivity contribution in [2.24, 2.45) is 5.10 Å². The number of carbonyl (C=O) groups is 1. The molecule has 0 aliphatic rings. The number of phenolic OH excluding ortho intramolecular Hbond substituents is 1. The van der Waals surface area contributed by atoms with Crippen molar-refractivity contribution in [2.75, 3.05) is 0 Å². The normalized spacial score (nSPS) is 10.8. The highest BCUT2D eigenvalue weighted by Gasteiger charge is 2.02. The van der Waals surface area contributed by atoms with Crippen molar-refractivity contribution in [3.05, 3.63) is 53.5 Å². The van der Waals surface area contributed by atoms with E-state index in [1.807, 2.05) is 13.0 Å². The van der Waals surface area contributed by atoms with Crippen molar-refractivity contribution < 1.29 is 14.3 Å². The molecule has 0 aliphatic carbocycles. The molecule has 0 aliphatic heterocycles. The van der Waals surface area contributed by atoms with Crippen molar-refractivity contribution in [3.63, 3.8) is 0 Å². The molecule has 0 atom stereocenters. The van der Waals surface area contributed by atoms with Gasteiger partial charge in [0.15, 0.2) is 0 Å². The predicted molar refractivity (Wildman–Crippen MR) is 71.0 cm³/mol. The number of phenols is 1. The molecule has 0 radical (unpaired) electrons. The summed E-state index contributed by atoms with van der Waals surface area (Å²) in [5.74, 6) is 1.32. The Kier molecular flexibility index (Phi) is 3.97. The quantitative estimate of drug-likeness (QED) is 0.650. The number of furan rings is 1. The second-order valence-corrected chi connectivity index (χ2v) is 4.08. The van der Waals surface area contributed by atoms with Crippen molar-refractivity contribution in [1.29, 1.82) is 0 Å². The van der Waals surface area contributed by atoms with Gasteiger partial charge in [-0.05, 0) is 36.8 Å². The summed E-state index contributed by atoms with van der Waals surface area (Å²) < 4.78 is 5.27. The van der Waals surface area contributed by atoms with E-state index in [0.717, 1.165) is 11.3 Å². The lowest BCUT2D eigenvalue weighted by molar-refractivity contribution is -0.120. The Balaban J connectivity index is 1.84. The number of hydrazone groups is 1. The van der Waals surface area contributed by atoms with Crippen LogP contribution >= 0.6 is 0 Å². The maximum atomic E-state index is 11.6. The summed E-state index contributed by atoms with van der Waals surface area (Å²) in [4.78, 5) is 11.6. The van der Waals surface area contributed by atoms with Crippen LogP contribution in [0.4, 0.5) is 0 Å². The monoisotopic (exact) mass is 258 g/mol. The first-order valence-electron chi connectivity index (χ1n) is 5.80. The van der Waals surface area contributed by atoms with Crippen molar-refractivity contribution in [3.8, 4) is 5.75 Å². The number of hydrogen-bond acceptors (Lipinski definition) is 4. The molecule has 0 spiro atoms. The van der Waals surface area contributed by atoms with Gasteiger partial charge in [0.1, 0.15) is 17.3 Å². The van der Waals surface area contributed by atoms with Crippen molar-refractivity contribution >= 4 is 12.1 Å². The van der Waals surface area contributed by atoms with Crippen LogP contribution in [0, 0.1) is 6.92 Å². The molecule has 2 aromatic rings. The van der Waals surface area contributed by atoms with E-state index in [1.165, 1.54) is 18.3 Å². The number of carbonyl (C=O) groups excluding carboxylic acids is 1. The summed E-state index contributed by atoms with van der Waals surface area (Å²) >= 11 is 0. The number of aromatic hydroxyl groups is 1. The van der Waals surface area contributed by atoms with Gasteiger partial charge in [-0.25, -0.2) is 5.43 Å². The van der Waals surface area contributed by atoms with Crippen molar-refractivity contribution in [1.82, 2.24) is 5.43 Å². The second-order valence-electron chi connectivity index (χ2n) is 4.08. The van der Waals surface area contributed by atoms with Crippen LogP contribution in [0.15, 0.2) is 45.9 Å². The molecule has 2 N–H and O–H groups in total. The molecule has 5 heteroatoms. The first kappa shape index (κ1) is 12.9. The third kappa shape index (κ3) is 3.99. The molecular formula is C14H14N2O3. The molecule has 19 heavy (non-hydrogen) atoms. The Labute approximate surface area is 110 Å². The third-order valence-corrected chi connectivity index (χ3v) is 2.44. The maximum absolute atomic E-state index is 11.6. The van der Waals surface area contributed by atoms with E-state index in [-0.39, 0.29) is 18.1 Å². The Bertz CT molecular complexity index is 585. The van der Waals surface area contributed by atoms with E-state index in [0.29, 0.717) is 5.76 Å². The summed E-state index contributed by atoms with van der Waals surface area (Å²) in [5.41, 5.74) is 3.22. The van der Waals surface area contributed by atoms with E-state index in [2.05, 4.69) is 10.5 Å². The van der Waals surface area contributed by atoms with Crippen LogP contribution in [0.3, 0.4) is 0 Å². The van der Waals surface area contributed by atoms with E-state index in [9.17, 15) is 4.79 Å².